The van der Waals surface area contributed by atoms with Crippen molar-refractivity contribution in [2.45, 2.75) is 25.7 Å². The van der Waals surface area contributed by atoms with Gasteiger partial charge in [0, 0.05) is 40.2 Å². The number of H-pyrrole nitrogens is 1. The molecule has 1 amide bonds. The summed E-state index contributed by atoms with van der Waals surface area (Å²) in [7, 11) is 0. The van der Waals surface area contributed by atoms with Gasteiger partial charge >= 0.3 is 0 Å². The van der Waals surface area contributed by atoms with E-state index in [2.05, 4.69) is 20.5 Å². The molecule has 2 heterocycles. The zero-order valence-corrected chi connectivity index (χ0v) is 17.2. The second kappa shape index (κ2) is 8.22. The van der Waals surface area contributed by atoms with E-state index in [1.54, 1.807) is 18.2 Å². The molecule has 32 heavy (non-hydrogen) atoms. The van der Waals surface area contributed by atoms with Gasteiger partial charge in [-0.25, -0.2) is 10.4 Å². The van der Waals surface area contributed by atoms with Crippen LogP contribution >= 0.6 is 0 Å². The molecule has 0 atom stereocenters. The SMILES string of the molecule is O=C(N/N=C/C1CCCC1)c1cc2c([nH]c3ccccc32)c(-c2ccc([N+](=O)[O-])cc2)n1. The Balaban J connectivity index is 1.58. The Morgan fingerprint density at radius 2 is 1.88 bits per heavy atom. The van der Waals surface area contributed by atoms with Crippen LogP contribution in [0.25, 0.3) is 33.1 Å². The predicted octanol–water partition coefficient (Wildman–Crippen LogP) is 5.20. The fourth-order valence-corrected chi connectivity index (χ4v) is 4.28. The molecule has 2 aromatic carbocycles. The van der Waals surface area contributed by atoms with Gasteiger partial charge in [0.05, 0.1) is 16.1 Å². The van der Waals surface area contributed by atoms with E-state index in [-0.39, 0.29) is 11.4 Å². The maximum absolute atomic E-state index is 12.9. The van der Waals surface area contributed by atoms with Crippen molar-refractivity contribution in [2.24, 2.45) is 11.0 Å². The van der Waals surface area contributed by atoms with Gasteiger partial charge in [-0.3, -0.25) is 14.9 Å². The number of carbonyl (C=O) groups excluding carboxylic acids is 1. The van der Waals surface area contributed by atoms with Gasteiger partial charge in [0.2, 0.25) is 0 Å². The van der Waals surface area contributed by atoms with E-state index < -0.39 is 10.8 Å². The zero-order chi connectivity index (χ0) is 22.1. The van der Waals surface area contributed by atoms with Gasteiger partial charge < -0.3 is 4.98 Å². The van der Waals surface area contributed by atoms with Gasteiger partial charge in [-0.05, 0) is 43.0 Å². The molecule has 0 unspecified atom stereocenters. The first-order chi connectivity index (χ1) is 15.6. The number of nitro groups is 1. The Kier molecular flexibility index (Phi) is 5.10. The minimum absolute atomic E-state index is 0.00297. The highest BCUT2D eigenvalue weighted by molar-refractivity contribution is 6.13. The lowest BCUT2D eigenvalue weighted by molar-refractivity contribution is -0.384. The summed E-state index contributed by atoms with van der Waals surface area (Å²) in [6, 6.07) is 15.7. The summed E-state index contributed by atoms with van der Waals surface area (Å²) in [6.07, 6.45) is 6.41. The van der Waals surface area contributed by atoms with Crippen molar-refractivity contribution in [3.63, 3.8) is 0 Å². The largest absolute Gasteiger partial charge is 0.353 e. The number of fused-ring (bicyclic) bond motifs is 3. The average Bonchev–Trinajstić information content (AvgIpc) is 3.46. The van der Waals surface area contributed by atoms with Crippen molar-refractivity contribution in [1.29, 1.82) is 0 Å². The highest BCUT2D eigenvalue weighted by Crippen LogP contribution is 2.33. The van der Waals surface area contributed by atoms with Crippen LogP contribution < -0.4 is 5.43 Å². The van der Waals surface area contributed by atoms with Crippen LogP contribution in [0.15, 0.2) is 59.7 Å². The van der Waals surface area contributed by atoms with Crippen molar-refractivity contribution in [2.75, 3.05) is 0 Å². The highest BCUT2D eigenvalue weighted by Gasteiger charge is 2.18. The molecule has 1 aliphatic carbocycles. The van der Waals surface area contributed by atoms with Crippen LogP contribution in [0.2, 0.25) is 0 Å². The second-order valence-electron chi connectivity index (χ2n) is 8.02. The van der Waals surface area contributed by atoms with Crippen molar-refractivity contribution in [3.05, 3.63) is 70.4 Å². The maximum atomic E-state index is 12.9. The molecule has 1 saturated carbocycles. The summed E-state index contributed by atoms with van der Waals surface area (Å²) in [5.41, 5.74) is 5.76. The molecule has 2 N–H and O–H groups in total. The van der Waals surface area contributed by atoms with Crippen LogP contribution in [0, 0.1) is 16.0 Å². The van der Waals surface area contributed by atoms with E-state index in [1.807, 2.05) is 30.5 Å². The van der Waals surface area contributed by atoms with E-state index in [1.165, 1.54) is 25.0 Å². The molecule has 1 fully saturated rings. The van der Waals surface area contributed by atoms with Crippen LogP contribution in [0.4, 0.5) is 5.69 Å². The van der Waals surface area contributed by atoms with E-state index in [9.17, 15) is 14.9 Å². The van der Waals surface area contributed by atoms with Crippen LogP contribution in [0.3, 0.4) is 0 Å². The number of aromatic nitrogens is 2. The molecule has 8 heteroatoms. The monoisotopic (exact) mass is 427 g/mol. The van der Waals surface area contributed by atoms with E-state index in [0.717, 1.165) is 34.6 Å². The number of hydrogen-bond donors (Lipinski definition) is 2. The molecule has 0 spiro atoms. The Morgan fingerprint density at radius 1 is 1.12 bits per heavy atom. The molecule has 160 valence electrons. The quantitative estimate of drug-likeness (QED) is 0.259. The Hall–Kier alpha value is -4.07. The molecule has 4 aromatic rings. The van der Waals surface area contributed by atoms with Crippen molar-refractivity contribution in [3.8, 4) is 11.3 Å². The van der Waals surface area contributed by atoms with Crippen LogP contribution in [0.5, 0.6) is 0 Å². The van der Waals surface area contributed by atoms with Crippen molar-refractivity contribution >= 4 is 39.6 Å². The standard InChI is InChI=1S/C24H21N5O3/c30-24(28-25-14-15-5-1-2-6-15)21-13-19-18-7-3-4-8-20(18)26-23(19)22(27-21)16-9-11-17(12-10-16)29(31)32/h3-4,7-15,26H,1-2,5-6H2,(H,28,30)/b25-14+. The summed E-state index contributed by atoms with van der Waals surface area (Å²) in [6.45, 7) is 0. The third-order valence-electron chi connectivity index (χ3n) is 5.93. The first kappa shape index (κ1) is 19.9. The highest BCUT2D eigenvalue weighted by atomic mass is 16.6. The number of carbonyl (C=O) groups is 1. The molecule has 1 aliphatic rings. The fraction of sp³-hybridized carbons (Fsp3) is 0.208. The molecule has 2 aromatic heterocycles. The number of pyridine rings is 1. The van der Waals surface area contributed by atoms with E-state index in [4.69, 9.17) is 0 Å². The summed E-state index contributed by atoms with van der Waals surface area (Å²) in [4.78, 5) is 31.4. The van der Waals surface area contributed by atoms with Gasteiger partial charge in [0.25, 0.3) is 11.6 Å². The smallest absolute Gasteiger partial charge is 0.289 e. The van der Waals surface area contributed by atoms with Gasteiger partial charge in [0.15, 0.2) is 0 Å². The first-order valence-corrected chi connectivity index (χ1v) is 10.6. The van der Waals surface area contributed by atoms with Crippen LogP contribution in [-0.2, 0) is 0 Å². The normalized spacial score (nSPS) is 14.5. The molecule has 0 aliphatic heterocycles. The number of hydrazone groups is 1. The number of nitrogens with zero attached hydrogens (tertiary/aromatic N) is 3. The molecule has 0 bridgehead atoms. The first-order valence-electron chi connectivity index (χ1n) is 10.6. The number of hydrogen-bond acceptors (Lipinski definition) is 5. The molecule has 0 radical (unpaired) electrons. The molecule has 5 rings (SSSR count). The van der Waals surface area contributed by atoms with Gasteiger partial charge in [0.1, 0.15) is 5.69 Å². The minimum atomic E-state index is -0.443. The summed E-state index contributed by atoms with van der Waals surface area (Å²) in [5.74, 6) is 0.0182. The Bertz CT molecular complexity index is 1350. The third kappa shape index (κ3) is 3.71. The fourth-order valence-electron chi connectivity index (χ4n) is 4.28. The average molecular weight is 427 g/mol. The Morgan fingerprint density at radius 3 is 2.62 bits per heavy atom. The summed E-state index contributed by atoms with van der Waals surface area (Å²) in [5, 5.41) is 17.0. The minimum Gasteiger partial charge on any atom is -0.353 e. The maximum Gasteiger partial charge on any atom is 0.289 e. The number of amides is 1. The number of nitrogens with one attached hydrogen (secondary N) is 2. The third-order valence-corrected chi connectivity index (χ3v) is 5.93. The Labute approximate surface area is 183 Å². The topological polar surface area (TPSA) is 113 Å². The number of nitro benzene ring substituents is 1. The van der Waals surface area contributed by atoms with Gasteiger partial charge in [-0.2, -0.15) is 5.10 Å². The lowest BCUT2D eigenvalue weighted by atomic mass is 10.1. The second-order valence-corrected chi connectivity index (χ2v) is 8.02. The lowest BCUT2D eigenvalue weighted by Gasteiger charge is -2.07. The van der Waals surface area contributed by atoms with Gasteiger partial charge in [-0.15, -0.1) is 0 Å². The van der Waals surface area contributed by atoms with Crippen LogP contribution in [-0.4, -0.2) is 27.0 Å². The summed E-state index contributed by atoms with van der Waals surface area (Å²) >= 11 is 0. The van der Waals surface area contributed by atoms with Crippen LogP contribution in [0.1, 0.15) is 36.2 Å². The van der Waals surface area contributed by atoms with Crippen molar-refractivity contribution < 1.29 is 9.72 Å². The van der Waals surface area contributed by atoms with E-state index in [0.29, 0.717) is 17.2 Å². The number of benzene rings is 2. The number of para-hydroxylation sites is 1. The van der Waals surface area contributed by atoms with Gasteiger partial charge in [-0.1, -0.05) is 31.0 Å². The predicted molar refractivity (Wildman–Crippen MR) is 124 cm³/mol. The number of aromatic amines is 1. The zero-order valence-electron chi connectivity index (χ0n) is 17.2. The van der Waals surface area contributed by atoms with Crippen molar-refractivity contribution in [1.82, 2.24) is 15.4 Å². The molecule has 0 saturated heterocycles. The lowest BCUT2D eigenvalue weighted by Crippen LogP contribution is -2.20. The number of rotatable bonds is 5. The summed E-state index contributed by atoms with van der Waals surface area (Å²) < 4.78 is 0. The molecule has 8 nitrogen and oxygen atoms in total. The molecular weight excluding hydrogens is 406 g/mol. The number of non-ortho nitro benzene ring substituents is 1. The molecular formula is C24H21N5O3. The van der Waals surface area contributed by atoms with E-state index >= 15 is 0 Å².